The van der Waals surface area contributed by atoms with Crippen molar-refractivity contribution < 1.29 is 125 Å². The summed E-state index contributed by atoms with van der Waals surface area (Å²) in [6.45, 7) is 10.1. The smallest absolute Gasteiger partial charge is 0.744 e. The zero-order valence-electron chi connectivity index (χ0n) is 39.0. The number of allylic oxidation sites excluding steroid dienone is 4. The Kier molecular flexibility index (Phi) is 15.0. The standard InChI is InChI=1S/C50H44N2O14S2.2Na/c1-21(2)37-29-15-23(5)39(47(57)41(29)31(45(55)49(37)59)19-51-43-27-13-9-7-11-25(27)35(17-33(43)53)67(61,62)63)40-24(6)16-30-38(22(3)4)50(60)46(56)32(42(30)48(40)58)20-52-44-28-14-10-8-12-26(28)36(18-34(44)54)68(64,65)66;;/h7-22,51-54,57-60H,1-6H3,(H,61,62,63)(H,64,65,66);;/q;2*+1/p-2/b31-19-,32-20-;;. The van der Waals surface area contributed by atoms with Gasteiger partial charge in [-0.3, -0.25) is 9.59 Å². The molecule has 0 radical (unpaired) electrons. The first-order valence-electron chi connectivity index (χ1n) is 20.9. The van der Waals surface area contributed by atoms with Crippen molar-refractivity contribution in [1.82, 2.24) is 0 Å². The SMILES string of the molecule is Cc1cc2c(c(O)c1-c1c(C)cc3c(c1O)/C(=C/Nc1c(O)cc(S(=O)(=O)[O-])c4ccccc14)C(=O)C(O)=C3C(C)C)/C(=C/Nc1c(O)cc(S(=O)(=O)[O-])c3ccccc13)C(=O)C(O)=C2C(C)C.[Na+].[Na+]. The Morgan fingerprint density at radius 1 is 0.514 bits per heavy atom. The van der Waals surface area contributed by atoms with Crippen molar-refractivity contribution in [3.8, 4) is 34.1 Å². The zero-order valence-corrected chi connectivity index (χ0v) is 44.6. The molecule has 350 valence electrons. The predicted molar refractivity (Wildman–Crippen MR) is 254 cm³/mol. The van der Waals surface area contributed by atoms with Gasteiger partial charge in [-0.2, -0.15) is 0 Å². The summed E-state index contributed by atoms with van der Waals surface area (Å²) >= 11 is 0. The minimum atomic E-state index is -5.06. The van der Waals surface area contributed by atoms with Crippen molar-refractivity contribution in [3.05, 3.63) is 130 Å². The number of hydrogen-bond acceptors (Lipinski definition) is 16. The molecule has 0 bridgehead atoms. The van der Waals surface area contributed by atoms with Gasteiger partial charge in [0.05, 0.1) is 32.3 Å². The van der Waals surface area contributed by atoms with E-state index < -0.39 is 87.9 Å². The third-order valence-electron chi connectivity index (χ3n) is 12.2. The van der Waals surface area contributed by atoms with Crippen LogP contribution in [0.1, 0.15) is 61.1 Å². The molecule has 6 aromatic rings. The summed E-state index contributed by atoms with van der Waals surface area (Å²) in [6.07, 6.45) is 2.21. The maximum Gasteiger partial charge on any atom is 1.00 e. The van der Waals surface area contributed by atoms with Crippen molar-refractivity contribution in [2.24, 2.45) is 11.8 Å². The van der Waals surface area contributed by atoms with Crippen LogP contribution in [0.4, 0.5) is 11.4 Å². The third-order valence-corrected chi connectivity index (χ3v) is 13.9. The Morgan fingerprint density at radius 2 is 0.829 bits per heavy atom. The van der Waals surface area contributed by atoms with Crippen LogP contribution in [0.3, 0.4) is 0 Å². The van der Waals surface area contributed by atoms with E-state index in [0.717, 1.165) is 24.5 Å². The van der Waals surface area contributed by atoms with Gasteiger partial charge in [-0.25, -0.2) is 16.8 Å². The predicted octanol–water partition coefficient (Wildman–Crippen LogP) is 2.84. The number of carbonyl (C=O) groups is 2. The first-order chi connectivity index (χ1) is 31.9. The molecule has 0 atom stereocenters. The van der Waals surface area contributed by atoms with Crippen LogP contribution in [0.15, 0.2) is 107 Å². The molecule has 0 saturated carbocycles. The van der Waals surface area contributed by atoms with E-state index in [0.29, 0.717) is 11.1 Å². The third kappa shape index (κ3) is 8.91. The average molecular weight is 1010 g/mol. The monoisotopic (exact) mass is 1000 g/mol. The summed E-state index contributed by atoms with van der Waals surface area (Å²) in [5.74, 6) is -6.59. The number of anilines is 2. The quantitative estimate of drug-likeness (QED) is 0.0447. The fourth-order valence-corrected chi connectivity index (χ4v) is 10.7. The average Bonchev–Trinajstić information content (AvgIpc) is 3.25. The molecule has 6 aromatic carbocycles. The van der Waals surface area contributed by atoms with Gasteiger partial charge in [-0.15, -0.1) is 0 Å². The van der Waals surface area contributed by atoms with Crippen molar-refractivity contribution in [3.63, 3.8) is 0 Å². The van der Waals surface area contributed by atoms with Gasteiger partial charge < -0.3 is 50.4 Å². The number of carbonyl (C=O) groups excluding carboxylic acids is 2. The molecule has 0 aromatic heterocycles. The molecule has 0 fully saturated rings. The van der Waals surface area contributed by atoms with Gasteiger partial charge in [0.15, 0.2) is 11.5 Å². The van der Waals surface area contributed by atoms with Gasteiger partial charge in [0.1, 0.15) is 43.2 Å². The number of ketones is 2. The Morgan fingerprint density at radius 3 is 1.13 bits per heavy atom. The van der Waals surface area contributed by atoms with Gasteiger partial charge in [0.2, 0.25) is 11.6 Å². The fourth-order valence-electron chi connectivity index (χ4n) is 9.29. The van der Waals surface area contributed by atoms with Crippen LogP contribution in [0.2, 0.25) is 0 Å². The zero-order chi connectivity index (χ0) is 49.6. The van der Waals surface area contributed by atoms with E-state index in [9.17, 15) is 66.2 Å². The minimum Gasteiger partial charge on any atom is -0.744 e. The second kappa shape index (κ2) is 19.5. The number of benzene rings is 6. The molecule has 0 spiro atoms. The van der Waals surface area contributed by atoms with Crippen LogP contribution in [-0.2, 0) is 29.8 Å². The number of phenols is 4. The molecule has 0 aliphatic heterocycles. The van der Waals surface area contributed by atoms with E-state index in [1.54, 1.807) is 53.7 Å². The Labute approximate surface area is 446 Å². The normalized spacial score (nSPS) is 15.2. The number of aliphatic hydroxyl groups excluding tert-OH is 2. The second-order valence-corrected chi connectivity index (χ2v) is 19.8. The number of nitrogens with one attached hydrogen (secondary N) is 2. The number of aliphatic hydroxyl groups is 2. The number of Topliss-reactive ketones (excluding diaryl/α,β-unsaturated/α-hetero) is 2. The summed E-state index contributed by atoms with van der Waals surface area (Å²) in [7, 11) is -10.1. The molecule has 20 heteroatoms. The maximum absolute atomic E-state index is 14.2. The number of fused-ring (bicyclic) bond motifs is 4. The molecule has 0 amide bonds. The van der Waals surface area contributed by atoms with Crippen molar-refractivity contribution >= 4 is 87.0 Å². The number of rotatable bonds is 9. The molecule has 2 aliphatic carbocycles. The summed E-state index contributed by atoms with van der Waals surface area (Å²) in [6, 6.07) is 16.3. The number of hydrogen-bond donors (Lipinski definition) is 8. The first-order valence-corrected chi connectivity index (χ1v) is 23.7. The van der Waals surface area contributed by atoms with Crippen LogP contribution in [0.25, 0.3) is 55.0 Å². The van der Waals surface area contributed by atoms with Crippen LogP contribution in [0, 0.1) is 25.7 Å². The van der Waals surface area contributed by atoms with E-state index >= 15 is 0 Å². The number of aromatic hydroxyl groups is 4. The fraction of sp³-hybridized carbons (Fsp3) is 0.160. The number of aryl methyl sites for hydroxylation is 2. The molecule has 0 unspecified atom stereocenters. The van der Waals surface area contributed by atoms with Gasteiger partial charge in [0, 0.05) is 79.5 Å². The number of phenolic OH excluding ortho intramolecular Hbond substituents is 4. The summed E-state index contributed by atoms with van der Waals surface area (Å²) < 4.78 is 72.9. The van der Waals surface area contributed by atoms with E-state index in [4.69, 9.17) is 0 Å². The molecular formula is C50H42N2Na2O14S2. The topological polar surface area (TPSA) is 294 Å². The maximum atomic E-state index is 14.2. The summed E-state index contributed by atoms with van der Waals surface area (Å²) in [4.78, 5) is 27.1. The molecule has 16 nitrogen and oxygen atoms in total. The van der Waals surface area contributed by atoms with Gasteiger partial charge in [-0.1, -0.05) is 88.4 Å². The van der Waals surface area contributed by atoms with E-state index in [1.807, 2.05) is 0 Å². The minimum absolute atomic E-state index is 0. The first kappa shape index (κ1) is 53.7. The largest absolute Gasteiger partial charge is 1.00 e. The van der Waals surface area contributed by atoms with Crippen LogP contribution < -0.4 is 69.7 Å². The second-order valence-electron chi connectivity index (χ2n) is 17.1. The molecule has 2 aliphatic rings. The van der Waals surface area contributed by atoms with Gasteiger partial charge in [-0.05, 0) is 47.9 Å². The van der Waals surface area contributed by atoms with Gasteiger partial charge in [0.25, 0.3) is 0 Å². The van der Waals surface area contributed by atoms with Crippen LogP contribution in [-0.4, -0.2) is 68.1 Å². The van der Waals surface area contributed by atoms with Crippen LogP contribution >= 0.6 is 0 Å². The summed E-state index contributed by atoms with van der Waals surface area (Å²) in [5.41, 5.74) is 0.383. The Hall–Kier alpha value is -5.64. The van der Waals surface area contributed by atoms with E-state index in [1.165, 1.54) is 48.5 Å². The molecule has 70 heavy (non-hydrogen) atoms. The van der Waals surface area contributed by atoms with E-state index in [-0.39, 0.29) is 148 Å². The Bertz CT molecular complexity index is 3410. The van der Waals surface area contributed by atoms with Crippen molar-refractivity contribution in [1.29, 1.82) is 0 Å². The van der Waals surface area contributed by atoms with E-state index in [2.05, 4.69) is 10.6 Å². The summed E-state index contributed by atoms with van der Waals surface area (Å²) in [5, 5.41) is 75.9. The molecule has 0 heterocycles. The Balaban J connectivity index is 0.00000402. The molecule has 0 saturated heterocycles. The van der Waals surface area contributed by atoms with Crippen LogP contribution in [0.5, 0.6) is 23.0 Å². The molecular weight excluding hydrogens is 963 g/mol. The molecule has 8 rings (SSSR count). The van der Waals surface area contributed by atoms with Gasteiger partial charge >= 0.3 is 59.1 Å². The van der Waals surface area contributed by atoms with Crippen molar-refractivity contribution in [2.45, 2.75) is 51.3 Å². The van der Waals surface area contributed by atoms with Crippen molar-refractivity contribution in [2.75, 3.05) is 10.6 Å². The molecule has 8 N–H and O–H groups in total.